The summed E-state index contributed by atoms with van der Waals surface area (Å²) in [5.74, 6) is 0.786. The van der Waals surface area contributed by atoms with Crippen molar-refractivity contribution in [3.63, 3.8) is 0 Å². The van der Waals surface area contributed by atoms with E-state index in [0.717, 1.165) is 46.3 Å². The van der Waals surface area contributed by atoms with Crippen LogP contribution in [-0.4, -0.2) is 49.1 Å². The number of benzene rings is 2. The van der Waals surface area contributed by atoms with Gasteiger partial charge in [0, 0.05) is 18.7 Å². The fraction of sp³-hybridized carbons (Fsp3) is 0.391. The van der Waals surface area contributed by atoms with Crippen LogP contribution >= 0.6 is 23.7 Å². The second-order valence-corrected chi connectivity index (χ2v) is 8.12. The number of carbonyl (C=O) groups is 1. The van der Waals surface area contributed by atoms with Crippen molar-refractivity contribution in [2.75, 3.05) is 38.2 Å². The average molecular weight is 448 g/mol. The molecule has 2 aromatic carbocycles. The molecule has 0 fully saturated rings. The molecule has 0 radical (unpaired) electrons. The van der Waals surface area contributed by atoms with Crippen LogP contribution < -0.4 is 9.64 Å². The minimum absolute atomic E-state index is 0. The lowest BCUT2D eigenvalue weighted by Gasteiger charge is -2.25. The molecule has 0 spiro atoms. The first-order chi connectivity index (χ1) is 14.0. The fourth-order valence-electron chi connectivity index (χ4n) is 3.23. The molecule has 3 aromatic rings. The van der Waals surface area contributed by atoms with E-state index in [-0.39, 0.29) is 18.3 Å². The molecule has 1 amide bonds. The molecule has 0 saturated carbocycles. The van der Waals surface area contributed by atoms with Crippen LogP contribution in [0.3, 0.4) is 0 Å². The number of nitrogens with zero attached hydrogens (tertiary/aromatic N) is 3. The Morgan fingerprint density at radius 2 is 1.77 bits per heavy atom. The Hall–Kier alpha value is -2.15. The number of aromatic nitrogens is 1. The van der Waals surface area contributed by atoms with Crippen molar-refractivity contribution in [3.8, 4) is 5.75 Å². The molecule has 0 atom stereocenters. The Balaban J connectivity index is 0.00000320. The maximum atomic E-state index is 13.4. The van der Waals surface area contributed by atoms with Gasteiger partial charge in [0.05, 0.1) is 17.3 Å². The van der Waals surface area contributed by atoms with Crippen molar-refractivity contribution in [2.24, 2.45) is 0 Å². The first kappa shape index (κ1) is 24.1. The number of rotatable bonds is 8. The van der Waals surface area contributed by atoms with Gasteiger partial charge in [-0.05, 0) is 68.4 Å². The number of carbonyl (C=O) groups excluding carboxylic acids is 1. The molecule has 1 heterocycles. The molecular formula is C23H30ClN3O2S. The van der Waals surface area contributed by atoms with E-state index in [1.54, 1.807) is 7.11 Å². The van der Waals surface area contributed by atoms with Gasteiger partial charge in [0.25, 0.3) is 5.91 Å². The van der Waals surface area contributed by atoms with Crippen LogP contribution in [0.2, 0.25) is 0 Å². The number of aryl methyl sites for hydroxylation is 2. The van der Waals surface area contributed by atoms with Crippen LogP contribution in [0.4, 0.5) is 5.13 Å². The number of hydrogen-bond donors (Lipinski definition) is 0. The Bertz CT molecular complexity index is 1000. The highest BCUT2D eigenvalue weighted by atomic mass is 35.5. The molecule has 162 valence electrons. The third-order valence-corrected chi connectivity index (χ3v) is 6.39. The number of thiazole rings is 1. The molecule has 0 aliphatic rings. The van der Waals surface area contributed by atoms with Gasteiger partial charge in [-0.25, -0.2) is 4.98 Å². The number of methoxy groups -OCH3 is 1. The summed E-state index contributed by atoms with van der Waals surface area (Å²) in [5.41, 5.74) is 3.88. The van der Waals surface area contributed by atoms with E-state index in [1.165, 1.54) is 16.9 Å². The number of likely N-dealkylation sites (N-methyl/N-ethyl adjacent to an activating group) is 1. The number of ether oxygens (including phenoxy) is 1. The van der Waals surface area contributed by atoms with E-state index in [4.69, 9.17) is 9.72 Å². The van der Waals surface area contributed by atoms with E-state index >= 15 is 0 Å². The van der Waals surface area contributed by atoms with Gasteiger partial charge in [0.15, 0.2) is 5.13 Å². The first-order valence-electron chi connectivity index (χ1n) is 10.0. The van der Waals surface area contributed by atoms with Crippen LogP contribution in [-0.2, 0) is 0 Å². The van der Waals surface area contributed by atoms with Crippen LogP contribution in [0.5, 0.6) is 5.75 Å². The Kier molecular flexibility index (Phi) is 8.65. The average Bonchev–Trinajstić information content (AvgIpc) is 3.15. The minimum Gasteiger partial charge on any atom is -0.497 e. The quantitative estimate of drug-likeness (QED) is 0.468. The molecule has 0 unspecified atom stereocenters. The zero-order valence-corrected chi connectivity index (χ0v) is 19.9. The van der Waals surface area contributed by atoms with Crippen LogP contribution in [0.1, 0.15) is 35.3 Å². The standard InChI is InChI=1S/C23H29N3O2S.ClH/c1-6-25(7-2)12-13-26(22(27)18-9-8-16(3)17(4)14-18)23-24-20-11-10-19(28-5)15-21(20)29-23;/h8-11,14-15H,6-7,12-13H2,1-5H3;1H. The van der Waals surface area contributed by atoms with Crippen molar-refractivity contribution >= 4 is 45.0 Å². The van der Waals surface area contributed by atoms with Crippen molar-refractivity contribution in [1.82, 2.24) is 9.88 Å². The third kappa shape index (κ3) is 5.31. The van der Waals surface area contributed by atoms with Gasteiger partial charge in [-0.2, -0.15) is 0 Å². The predicted molar refractivity (Wildman–Crippen MR) is 129 cm³/mol. The smallest absolute Gasteiger partial charge is 0.260 e. The minimum atomic E-state index is -0.00808. The van der Waals surface area contributed by atoms with Gasteiger partial charge >= 0.3 is 0 Å². The maximum absolute atomic E-state index is 13.4. The molecule has 0 bridgehead atoms. The van der Waals surface area contributed by atoms with Gasteiger partial charge in [-0.15, -0.1) is 12.4 Å². The molecule has 7 heteroatoms. The van der Waals surface area contributed by atoms with Gasteiger partial charge in [-0.1, -0.05) is 31.3 Å². The molecule has 1 aromatic heterocycles. The number of fused-ring (bicyclic) bond motifs is 1. The highest BCUT2D eigenvalue weighted by Crippen LogP contribution is 2.32. The largest absolute Gasteiger partial charge is 0.497 e. The lowest BCUT2D eigenvalue weighted by atomic mass is 10.1. The number of anilines is 1. The van der Waals surface area contributed by atoms with E-state index in [2.05, 4.69) is 25.7 Å². The summed E-state index contributed by atoms with van der Waals surface area (Å²) in [6, 6.07) is 11.7. The summed E-state index contributed by atoms with van der Waals surface area (Å²) in [5, 5.41) is 0.726. The van der Waals surface area contributed by atoms with E-state index < -0.39 is 0 Å². The molecule has 30 heavy (non-hydrogen) atoms. The van der Waals surface area contributed by atoms with Gasteiger partial charge in [0.1, 0.15) is 5.75 Å². The Morgan fingerprint density at radius 1 is 1.03 bits per heavy atom. The van der Waals surface area contributed by atoms with Gasteiger partial charge < -0.3 is 9.64 Å². The fourth-order valence-corrected chi connectivity index (χ4v) is 4.25. The molecule has 0 aliphatic heterocycles. The number of halogens is 1. The summed E-state index contributed by atoms with van der Waals surface area (Å²) >= 11 is 1.53. The zero-order chi connectivity index (χ0) is 21.0. The molecule has 0 aliphatic carbocycles. The lowest BCUT2D eigenvalue weighted by molar-refractivity contribution is 0.0983. The third-order valence-electron chi connectivity index (χ3n) is 5.35. The van der Waals surface area contributed by atoms with Crippen molar-refractivity contribution in [3.05, 3.63) is 53.1 Å². The van der Waals surface area contributed by atoms with Crippen molar-refractivity contribution in [1.29, 1.82) is 0 Å². The first-order valence-corrected chi connectivity index (χ1v) is 10.8. The Labute approximate surface area is 189 Å². The monoisotopic (exact) mass is 447 g/mol. The van der Waals surface area contributed by atoms with Gasteiger partial charge in [-0.3, -0.25) is 9.69 Å². The second-order valence-electron chi connectivity index (χ2n) is 7.11. The normalized spacial score (nSPS) is 10.9. The highest BCUT2D eigenvalue weighted by molar-refractivity contribution is 7.22. The summed E-state index contributed by atoms with van der Waals surface area (Å²) in [7, 11) is 1.66. The van der Waals surface area contributed by atoms with E-state index in [9.17, 15) is 4.79 Å². The lowest BCUT2D eigenvalue weighted by Crippen LogP contribution is -2.38. The SMILES string of the molecule is CCN(CC)CCN(C(=O)c1ccc(C)c(C)c1)c1nc2ccc(OC)cc2s1.Cl. The van der Waals surface area contributed by atoms with Crippen molar-refractivity contribution < 1.29 is 9.53 Å². The summed E-state index contributed by atoms with van der Waals surface area (Å²) < 4.78 is 6.35. The van der Waals surface area contributed by atoms with Gasteiger partial charge in [0.2, 0.25) is 0 Å². The molecule has 3 rings (SSSR count). The Morgan fingerprint density at radius 3 is 2.40 bits per heavy atom. The van der Waals surface area contributed by atoms with E-state index in [0.29, 0.717) is 12.1 Å². The summed E-state index contributed by atoms with van der Waals surface area (Å²) in [6.45, 7) is 11.7. The summed E-state index contributed by atoms with van der Waals surface area (Å²) in [6.07, 6.45) is 0. The van der Waals surface area contributed by atoms with Crippen molar-refractivity contribution in [2.45, 2.75) is 27.7 Å². The van der Waals surface area contributed by atoms with Crippen LogP contribution in [0, 0.1) is 13.8 Å². The summed E-state index contributed by atoms with van der Waals surface area (Å²) in [4.78, 5) is 22.3. The van der Waals surface area contributed by atoms with Crippen LogP contribution in [0.25, 0.3) is 10.2 Å². The number of hydrogen-bond acceptors (Lipinski definition) is 5. The molecular weight excluding hydrogens is 418 g/mol. The van der Waals surface area contributed by atoms with E-state index in [1.807, 2.05) is 48.2 Å². The number of amides is 1. The molecule has 5 nitrogen and oxygen atoms in total. The maximum Gasteiger partial charge on any atom is 0.260 e. The predicted octanol–water partition coefficient (Wildman–Crippen LogP) is 5.33. The second kappa shape index (κ2) is 10.8. The topological polar surface area (TPSA) is 45.7 Å². The highest BCUT2D eigenvalue weighted by Gasteiger charge is 2.22. The molecule has 0 N–H and O–H groups in total. The van der Waals surface area contributed by atoms with Crippen LogP contribution in [0.15, 0.2) is 36.4 Å². The molecule has 0 saturated heterocycles. The zero-order valence-electron chi connectivity index (χ0n) is 18.3.